The summed E-state index contributed by atoms with van der Waals surface area (Å²) in [7, 11) is -3.90. The molecule has 0 unspecified atom stereocenters. The first-order valence-electron chi connectivity index (χ1n) is 7.98. The number of hydrogen-bond donors (Lipinski definition) is 1. The van der Waals surface area contributed by atoms with Gasteiger partial charge in [0.15, 0.2) is 5.78 Å². The number of ketones is 1. The first-order chi connectivity index (χ1) is 12.3. The third-order valence-corrected chi connectivity index (χ3v) is 5.89. The number of fused-ring (bicyclic) bond motifs is 1. The van der Waals surface area contributed by atoms with Crippen LogP contribution in [0.3, 0.4) is 0 Å². The van der Waals surface area contributed by atoms with Crippen LogP contribution in [0, 0.1) is 0 Å². The predicted octanol–water partition coefficient (Wildman–Crippen LogP) is 3.10. The molecule has 2 aromatic carbocycles. The Labute approximate surface area is 150 Å². The van der Waals surface area contributed by atoms with E-state index in [1.54, 1.807) is 42.5 Å². The van der Waals surface area contributed by atoms with Crippen molar-refractivity contribution in [3.63, 3.8) is 0 Å². The number of rotatable bonds is 6. The van der Waals surface area contributed by atoms with Crippen LogP contribution in [0.1, 0.15) is 29.4 Å². The minimum atomic E-state index is -3.90. The third-order valence-electron chi connectivity index (χ3n) is 4.11. The van der Waals surface area contributed by atoms with Gasteiger partial charge in [0.2, 0.25) is 0 Å². The van der Waals surface area contributed by atoms with Crippen LogP contribution in [-0.2, 0) is 21.2 Å². The van der Waals surface area contributed by atoms with Gasteiger partial charge in [-0.2, -0.15) is 0 Å². The number of hydrogen-bond acceptors (Lipinski definition) is 4. The molecule has 26 heavy (non-hydrogen) atoms. The topological polar surface area (TPSA) is 93.4 Å². The van der Waals surface area contributed by atoms with Crippen LogP contribution in [-0.4, -0.2) is 29.2 Å². The largest absolute Gasteiger partial charge is 0.481 e. The van der Waals surface area contributed by atoms with Gasteiger partial charge >= 0.3 is 5.97 Å². The lowest BCUT2D eigenvalue weighted by Crippen LogP contribution is -2.16. The molecule has 1 N–H and O–H groups in total. The molecule has 0 spiro atoms. The van der Waals surface area contributed by atoms with E-state index in [0.29, 0.717) is 22.2 Å². The molecule has 0 aliphatic heterocycles. The van der Waals surface area contributed by atoms with Gasteiger partial charge < -0.3 is 5.11 Å². The second-order valence-corrected chi connectivity index (χ2v) is 7.73. The fraction of sp³-hybridized carbons (Fsp3) is 0.158. The first-order valence-corrected chi connectivity index (χ1v) is 9.42. The number of carbonyl (C=O) groups is 2. The highest BCUT2D eigenvalue weighted by Gasteiger charge is 2.23. The zero-order valence-corrected chi connectivity index (χ0v) is 14.9. The van der Waals surface area contributed by atoms with Crippen LogP contribution in [0.2, 0.25) is 0 Å². The maximum Gasteiger partial charge on any atom is 0.303 e. The Morgan fingerprint density at radius 1 is 1.04 bits per heavy atom. The van der Waals surface area contributed by atoms with Crippen LogP contribution in [0.25, 0.3) is 10.9 Å². The van der Waals surface area contributed by atoms with E-state index < -0.39 is 16.0 Å². The quantitative estimate of drug-likeness (QED) is 0.672. The molecule has 3 rings (SSSR count). The molecule has 1 aromatic heterocycles. The molecule has 0 bridgehead atoms. The lowest BCUT2D eigenvalue weighted by atomic mass is 10.1. The van der Waals surface area contributed by atoms with Gasteiger partial charge in [-0.25, -0.2) is 12.4 Å². The average Bonchev–Trinajstić information content (AvgIpc) is 2.98. The Bertz CT molecular complexity index is 1100. The van der Waals surface area contributed by atoms with Gasteiger partial charge in [-0.3, -0.25) is 9.59 Å². The number of carboxylic acid groups (broad SMARTS) is 1. The maximum atomic E-state index is 13.1. The summed E-state index contributed by atoms with van der Waals surface area (Å²) < 4.78 is 27.5. The summed E-state index contributed by atoms with van der Waals surface area (Å²) in [6, 6.07) is 14.4. The molecular weight excluding hydrogens is 354 g/mol. The van der Waals surface area contributed by atoms with Crippen molar-refractivity contribution >= 4 is 32.7 Å². The molecule has 0 aliphatic carbocycles. The van der Waals surface area contributed by atoms with E-state index in [4.69, 9.17) is 5.11 Å². The Hall–Kier alpha value is -2.93. The fourth-order valence-corrected chi connectivity index (χ4v) is 4.45. The van der Waals surface area contributed by atoms with Crippen LogP contribution in [0.4, 0.5) is 0 Å². The van der Waals surface area contributed by atoms with Crippen LogP contribution in [0.5, 0.6) is 0 Å². The van der Waals surface area contributed by atoms with Gasteiger partial charge in [0.25, 0.3) is 10.0 Å². The first kappa shape index (κ1) is 17.9. The minimum absolute atomic E-state index is 0.0610. The van der Waals surface area contributed by atoms with Crippen molar-refractivity contribution in [1.29, 1.82) is 0 Å². The van der Waals surface area contributed by atoms with E-state index in [-0.39, 0.29) is 23.5 Å². The maximum absolute atomic E-state index is 13.1. The fourth-order valence-electron chi connectivity index (χ4n) is 2.86. The minimum Gasteiger partial charge on any atom is -0.481 e. The van der Waals surface area contributed by atoms with Crippen LogP contribution in [0.15, 0.2) is 59.5 Å². The molecule has 134 valence electrons. The van der Waals surface area contributed by atoms with Gasteiger partial charge in [-0.15, -0.1) is 0 Å². The number of Topliss-reactive ketones (excluding diaryl/α,β-unsaturated/α-hetero) is 1. The van der Waals surface area contributed by atoms with Gasteiger partial charge in [0, 0.05) is 16.6 Å². The highest BCUT2D eigenvalue weighted by Crippen LogP contribution is 2.27. The SMILES string of the molecule is CC(=O)c1ccc2c(c1)cc(CCC(=O)O)n2S(=O)(=O)c1ccccc1. The van der Waals surface area contributed by atoms with Crippen LogP contribution >= 0.6 is 0 Å². The number of carbonyl (C=O) groups excluding carboxylic acids is 1. The summed E-state index contributed by atoms with van der Waals surface area (Å²) in [5.74, 6) is -1.14. The van der Waals surface area contributed by atoms with Gasteiger partial charge in [-0.05, 0) is 49.7 Å². The van der Waals surface area contributed by atoms with E-state index in [9.17, 15) is 18.0 Å². The lowest BCUT2D eigenvalue weighted by molar-refractivity contribution is -0.136. The van der Waals surface area contributed by atoms with Crippen molar-refractivity contribution in [3.05, 3.63) is 65.9 Å². The Balaban J connectivity index is 2.25. The summed E-state index contributed by atoms with van der Waals surface area (Å²) in [4.78, 5) is 22.7. The van der Waals surface area contributed by atoms with Crippen molar-refractivity contribution < 1.29 is 23.1 Å². The number of carboxylic acids is 1. The van der Waals surface area contributed by atoms with Crippen molar-refractivity contribution in [2.24, 2.45) is 0 Å². The van der Waals surface area contributed by atoms with E-state index in [2.05, 4.69) is 0 Å². The number of aliphatic carboxylic acids is 1. The number of benzene rings is 2. The van der Waals surface area contributed by atoms with Gasteiger partial charge in [0.1, 0.15) is 0 Å². The molecule has 3 aromatic rings. The summed E-state index contributed by atoms with van der Waals surface area (Å²) in [6.45, 7) is 1.43. The van der Waals surface area contributed by atoms with E-state index in [0.717, 1.165) is 0 Å². The predicted molar refractivity (Wildman–Crippen MR) is 96.9 cm³/mol. The van der Waals surface area contributed by atoms with Gasteiger partial charge in [-0.1, -0.05) is 18.2 Å². The monoisotopic (exact) mass is 371 g/mol. The Morgan fingerprint density at radius 3 is 2.35 bits per heavy atom. The van der Waals surface area contributed by atoms with E-state index in [1.807, 2.05) is 0 Å². The molecule has 0 atom stereocenters. The average molecular weight is 371 g/mol. The lowest BCUT2D eigenvalue weighted by Gasteiger charge is -2.11. The molecule has 0 saturated carbocycles. The number of aromatic nitrogens is 1. The summed E-state index contributed by atoms with van der Waals surface area (Å²) in [5.41, 5.74) is 1.25. The molecule has 0 saturated heterocycles. The van der Waals surface area contributed by atoms with Crippen LogP contribution < -0.4 is 0 Å². The highest BCUT2D eigenvalue weighted by atomic mass is 32.2. The standard InChI is InChI=1S/C19H17NO5S/c1-13(21)14-7-9-18-15(11-14)12-16(8-10-19(22)23)20(18)26(24,25)17-5-3-2-4-6-17/h2-7,9,11-12H,8,10H2,1H3,(H,22,23). The summed E-state index contributed by atoms with van der Waals surface area (Å²) in [5, 5.41) is 9.56. The molecule has 1 heterocycles. The van der Waals surface area contributed by atoms with E-state index in [1.165, 1.54) is 23.0 Å². The van der Waals surface area contributed by atoms with Crippen molar-refractivity contribution in [1.82, 2.24) is 3.97 Å². The summed E-state index contributed by atoms with van der Waals surface area (Å²) in [6.07, 6.45) is -0.133. The second kappa shape index (κ2) is 6.76. The van der Waals surface area contributed by atoms with Crippen molar-refractivity contribution in [3.8, 4) is 0 Å². The van der Waals surface area contributed by atoms with Crippen molar-refractivity contribution in [2.45, 2.75) is 24.7 Å². The Morgan fingerprint density at radius 2 is 1.73 bits per heavy atom. The molecule has 0 radical (unpaired) electrons. The second-order valence-electron chi connectivity index (χ2n) is 5.94. The molecule has 6 nitrogen and oxygen atoms in total. The normalized spacial score (nSPS) is 11.6. The highest BCUT2D eigenvalue weighted by molar-refractivity contribution is 7.90. The zero-order valence-electron chi connectivity index (χ0n) is 14.0. The van der Waals surface area contributed by atoms with Gasteiger partial charge in [0.05, 0.1) is 16.8 Å². The van der Waals surface area contributed by atoms with E-state index >= 15 is 0 Å². The molecule has 0 aliphatic rings. The molecule has 0 amide bonds. The van der Waals surface area contributed by atoms with Crippen molar-refractivity contribution in [2.75, 3.05) is 0 Å². The zero-order chi connectivity index (χ0) is 18.9. The number of nitrogens with zero attached hydrogens (tertiary/aromatic N) is 1. The third kappa shape index (κ3) is 3.25. The molecule has 0 fully saturated rings. The Kier molecular flexibility index (Phi) is 4.65. The number of aryl methyl sites for hydroxylation is 1. The molecule has 7 heteroatoms. The molecular formula is C19H17NO5S. The smallest absolute Gasteiger partial charge is 0.303 e. The summed E-state index contributed by atoms with van der Waals surface area (Å²) >= 11 is 0.